The molecule has 0 aliphatic rings. The summed E-state index contributed by atoms with van der Waals surface area (Å²) in [6.07, 6.45) is 0. The van der Waals surface area contributed by atoms with Crippen LogP contribution in [0, 0.1) is 0 Å². The molecule has 0 saturated carbocycles. The van der Waals surface area contributed by atoms with Gasteiger partial charge in [-0.15, -0.1) is 5.11 Å². The lowest BCUT2D eigenvalue weighted by Crippen LogP contribution is -2.19. The molecule has 2 aromatic rings. The van der Waals surface area contributed by atoms with Gasteiger partial charge in [-0.2, -0.15) is 13.5 Å². The Hall–Kier alpha value is -2.98. The van der Waals surface area contributed by atoms with E-state index in [4.69, 9.17) is 10.3 Å². The van der Waals surface area contributed by atoms with Crippen LogP contribution in [0.5, 0.6) is 0 Å². The van der Waals surface area contributed by atoms with Crippen LogP contribution < -0.4 is 16.4 Å². The normalized spacial score (nSPS) is 11.4. The molecule has 24 heavy (non-hydrogen) atoms. The van der Waals surface area contributed by atoms with Gasteiger partial charge in [0.25, 0.3) is 10.1 Å². The fraction of sp³-hybridized carbons (Fsp3) is 0.0714. The van der Waals surface area contributed by atoms with Crippen LogP contribution in [0.2, 0.25) is 0 Å². The summed E-state index contributed by atoms with van der Waals surface area (Å²) in [6.45, 7) is 0. The highest BCUT2D eigenvalue weighted by Gasteiger charge is 2.10. The van der Waals surface area contributed by atoms with Crippen molar-refractivity contribution in [2.45, 2.75) is 4.90 Å². The Bertz CT molecular complexity index is 896. The number of primary amides is 1. The van der Waals surface area contributed by atoms with Crippen molar-refractivity contribution >= 4 is 38.9 Å². The van der Waals surface area contributed by atoms with Crippen molar-refractivity contribution in [1.82, 2.24) is 0 Å². The van der Waals surface area contributed by atoms with Crippen LogP contribution in [-0.2, 0) is 10.1 Å². The SMILES string of the molecule is CNc1ccc(N=Nc2cccc(S(=O)(=O)O)c2)c(NC(N)=O)c1. The first-order chi connectivity index (χ1) is 11.3. The van der Waals surface area contributed by atoms with E-state index in [-0.39, 0.29) is 10.6 Å². The Morgan fingerprint density at radius 2 is 1.92 bits per heavy atom. The van der Waals surface area contributed by atoms with Gasteiger partial charge in [0.1, 0.15) is 5.69 Å². The first kappa shape index (κ1) is 17.4. The number of nitrogens with two attached hydrogens (primary N) is 1. The molecule has 10 heteroatoms. The zero-order valence-corrected chi connectivity index (χ0v) is 13.4. The topological polar surface area (TPSA) is 146 Å². The maximum Gasteiger partial charge on any atom is 0.316 e. The molecular formula is C14H15N5O4S. The molecule has 0 fully saturated rings. The van der Waals surface area contributed by atoms with Crippen LogP contribution in [0.15, 0.2) is 57.6 Å². The van der Waals surface area contributed by atoms with Gasteiger partial charge in [-0.3, -0.25) is 4.55 Å². The predicted molar refractivity (Wildman–Crippen MR) is 89.6 cm³/mol. The van der Waals surface area contributed by atoms with Crippen molar-refractivity contribution in [3.63, 3.8) is 0 Å². The van der Waals surface area contributed by atoms with Gasteiger partial charge in [0, 0.05) is 12.7 Å². The van der Waals surface area contributed by atoms with Gasteiger partial charge in [0.2, 0.25) is 0 Å². The molecular weight excluding hydrogens is 334 g/mol. The summed E-state index contributed by atoms with van der Waals surface area (Å²) in [5.41, 5.74) is 6.73. The Kier molecular flexibility index (Phi) is 5.11. The molecule has 0 saturated heterocycles. The number of anilines is 2. The second-order valence-electron chi connectivity index (χ2n) is 4.64. The van der Waals surface area contributed by atoms with Crippen LogP contribution in [0.25, 0.3) is 0 Å². The number of amides is 2. The largest absolute Gasteiger partial charge is 0.388 e. The number of azo groups is 1. The molecule has 0 heterocycles. The number of nitrogens with one attached hydrogen (secondary N) is 2. The van der Waals surface area contributed by atoms with Crippen molar-refractivity contribution in [1.29, 1.82) is 0 Å². The number of hydrogen-bond acceptors (Lipinski definition) is 6. The second kappa shape index (κ2) is 7.06. The lowest BCUT2D eigenvalue weighted by molar-refractivity contribution is 0.259. The van der Waals surface area contributed by atoms with E-state index in [1.165, 1.54) is 24.3 Å². The van der Waals surface area contributed by atoms with Gasteiger partial charge in [-0.1, -0.05) is 6.07 Å². The quantitative estimate of drug-likeness (QED) is 0.484. The number of rotatable bonds is 5. The standard InChI is InChI=1S/C14H15N5O4S/c1-16-9-5-6-12(13(8-9)17-14(15)20)19-18-10-3-2-4-11(7-10)24(21,22)23/h2-8,16H,1H3,(H3,15,17,20)(H,21,22,23). The van der Waals surface area contributed by atoms with Crippen LogP contribution in [0.4, 0.5) is 27.5 Å². The Balaban J connectivity index is 2.36. The van der Waals surface area contributed by atoms with E-state index in [1.54, 1.807) is 25.2 Å². The number of carbonyl (C=O) groups excluding carboxylic acids is 1. The minimum absolute atomic E-state index is 0.216. The maximum absolute atomic E-state index is 11.1. The average Bonchev–Trinajstić information content (AvgIpc) is 2.52. The summed E-state index contributed by atoms with van der Waals surface area (Å²) in [5.74, 6) is 0. The van der Waals surface area contributed by atoms with Crippen LogP contribution >= 0.6 is 0 Å². The Labute approximate surface area is 138 Å². The molecule has 126 valence electrons. The smallest absolute Gasteiger partial charge is 0.316 e. The highest BCUT2D eigenvalue weighted by molar-refractivity contribution is 7.85. The zero-order chi connectivity index (χ0) is 17.7. The number of hydrogen-bond donors (Lipinski definition) is 4. The Morgan fingerprint density at radius 1 is 1.17 bits per heavy atom. The van der Waals surface area contributed by atoms with Crippen molar-refractivity contribution in [3.8, 4) is 0 Å². The minimum atomic E-state index is -4.32. The second-order valence-corrected chi connectivity index (χ2v) is 6.07. The average molecular weight is 349 g/mol. The molecule has 9 nitrogen and oxygen atoms in total. The third kappa shape index (κ3) is 4.51. The summed E-state index contributed by atoms with van der Waals surface area (Å²) in [6, 6.07) is 9.52. The molecule has 2 aromatic carbocycles. The minimum Gasteiger partial charge on any atom is -0.388 e. The lowest BCUT2D eigenvalue weighted by atomic mass is 10.2. The summed E-state index contributed by atoms with van der Waals surface area (Å²) < 4.78 is 31.3. The van der Waals surface area contributed by atoms with Gasteiger partial charge >= 0.3 is 6.03 Å². The van der Waals surface area contributed by atoms with Gasteiger partial charge in [-0.25, -0.2) is 4.79 Å². The van der Waals surface area contributed by atoms with Crippen molar-refractivity contribution in [2.24, 2.45) is 16.0 Å². The van der Waals surface area contributed by atoms with E-state index in [0.29, 0.717) is 11.4 Å². The van der Waals surface area contributed by atoms with E-state index in [0.717, 1.165) is 5.69 Å². The molecule has 2 rings (SSSR count). The fourth-order valence-corrected chi connectivity index (χ4v) is 2.35. The molecule has 0 bridgehead atoms. The third-order valence-corrected chi connectivity index (χ3v) is 3.78. The lowest BCUT2D eigenvalue weighted by Gasteiger charge is -2.08. The summed E-state index contributed by atoms with van der Waals surface area (Å²) in [5, 5.41) is 13.2. The number of benzene rings is 2. The van der Waals surface area contributed by atoms with E-state index in [1.807, 2.05) is 0 Å². The summed E-state index contributed by atoms with van der Waals surface area (Å²) in [7, 11) is -2.61. The summed E-state index contributed by atoms with van der Waals surface area (Å²) in [4.78, 5) is 10.8. The van der Waals surface area contributed by atoms with Crippen molar-refractivity contribution < 1.29 is 17.8 Å². The molecule has 0 aliphatic carbocycles. The number of carbonyl (C=O) groups is 1. The zero-order valence-electron chi connectivity index (χ0n) is 12.6. The predicted octanol–water partition coefficient (Wildman–Crippen LogP) is 2.88. The highest BCUT2D eigenvalue weighted by Crippen LogP contribution is 2.30. The number of urea groups is 1. The summed E-state index contributed by atoms with van der Waals surface area (Å²) >= 11 is 0. The van der Waals surface area contributed by atoms with Crippen LogP contribution in [0.3, 0.4) is 0 Å². The van der Waals surface area contributed by atoms with Crippen LogP contribution in [-0.4, -0.2) is 26.0 Å². The maximum atomic E-state index is 11.1. The van der Waals surface area contributed by atoms with Gasteiger partial charge in [0.05, 0.1) is 16.3 Å². The van der Waals surface area contributed by atoms with E-state index in [2.05, 4.69) is 20.9 Å². The molecule has 0 radical (unpaired) electrons. The monoisotopic (exact) mass is 349 g/mol. The van der Waals surface area contributed by atoms with E-state index < -0.39 is 16.1 Å². The van der Waals surface area contributed by atoms with Crippen molar-refractivity contribution in [3.05, 3.63) is 42.5 Å². The van der Waals surface area contributed by atoms with Crippen LogP contribution in [0.1, 0.15) is 0 Å². The van der Waals surface area contributed by atoms with E-state index in [9.17, 15) is 13.2 Å². The third-order valence-electron chi connectivity index (χ3n) is 2.93. The van der Waals surface area contributed by atoms with Gasteiger partial charge in [0.15, 0.2) is 0 Å². The van der Waals surface area contributed by atoms with E-state index >= 15 is 0 Å². The van der Waals surface area contributed by atoms with Crippen molar-refractivity contribution in [2.75, 3.05) is 17.7 Å². The number of nitrogens with zero attached hydrogens (tertiary/aromatic N) is 2. The molecule has 0 spiro atoms. The van der Waals surface area contributed by atoms with Gasteiger partial charge in [-0.05, 0) is 36.4 Å². The highest BCUT2D eigenvalue weighted by atomic mass is 32.2. The molecule has 0 aliphatic heterocycles. The molecule has 0 atom stereocenters. The molecule has 2 amide bonds. The fourth-order valence-electron chi connectivity index (χ4n) is 1.83. The first-order valence-corrected chi connectivity index (χ1v) is 8.11. The molecule has 0 aromatic heterocycles. The Morgan fingerprint density at radius 3 is 2.54 bits per heavy atom. The first-order valence-electron chi connectivity index (χ1n) is 6.67. The molecule has 0 unspecified atom stereocenters. The van der Waals surface area contributed by atoms with Gasteiger partial charge < -0.3 is 16.4 Å². The molecule has 5 N–H and O–H groups in total.